The maximum absolute atomic E-state index is 10.9. The van der Waals surface area contributed by atoms with E-state index in [2.05, 4.69) is 17.1 Å². The number of rotatable bonds is 3. The quantitative estimate of drug-likeness (QED) is 0.719. The SMILES string of the molecule is CN(C)C1=CCC(c2ccccc2C=O)=C1. The van der Waals surface area contributed by atoms with Gasteiger partial charge in [0, 0.05) is 25.4 Å². The van der Waals surface area contributed by atoms with Gasteiger partial charge in [-0.2, -0.15) is 0 Å². The minimum Gasteiger partial charge on any atom is -0.378 e. The molecule has 1 aliphatic carbocycles. The Labute approximate surface area is 95.9 Å². The van der Waals surface area contributed by atoms with Gasteiger partial charge in [0.2, 0.25) is 0 Å². The molecule has 2 rings (SSSR count). The molecule has 0 saturated heterocycles. The predicted molar refractivity (Wildman–Crippen MR) is 66.2 cm³/mol. The van der Waals surface area contributed by atoms with Gasteiger partial charge < -0.3 is 4.90 Å². The molecule has 2 heteroatoms. The van der Waals surface area contributed by atoms with Gasteiger partial charge in [-0.25, -0.2) is 0 Å². The summed E-state index contributed by atoms with van der Waals surface area (Å²) in [5.41, 5.74) is 4.23. The Kier molecular flexibility index (Phi) is 2.91. The van der Waals surface area contributed by atoms with Crippen LogP contribution in [0.3, 0.4) is 0 Å². The molecule has 0 radical (unpaired) electrons. The van der Waals surface area contributed by atoms with Gasteiger partial charge in [-0.05, 0) is 23.6 Å². The van der Waals surface area contributed by atoms with Crippen molar-refractivity contribution in [1.82, 2.24) is 4.90 Å². The molecular weight excluding hydrogens is 198 g/mol. The average molecular weight is 213 g/mol. The minimum atomic E-state index is 0.766. The van der Waals surface area contributed by atoms with Crippen LogP contribution >= 0.6 is 0 Å². The van der Waals surface area contributed by atoms with Crippen molar-refractivity contribution in [2.24, 2.45) is 0 Å². The van der Waals surface area contributed by atoms with Gasteiger partial charge in [0.25, 0.3) is 0 Å². The fourth-order valence-corrected chi connectivity index (χ4v) is 1.90. The summed E-state index contributed by atoms with van der Waals surface area (Å²) in [7, 11) is 4.05. The average Bonchev–Trinajstić information content (AvgIpc) is 2.78. The van der Waals surface area contributed by atoms with Crippen molar-refractivity contribution in [3.05, 3.63) is 53.2 Å². The summed E-state index contributed by atoms with van der Waals surface area (Å²) in [6.45, 7) is 0. The van der Waals surface area contributed by atoms with Crippen LogP contribution in [0.4, 0.5) is 0 Å². The number of benzene rings is 1. The third-order valence-electron chi connectivity index (χ3n) is 2.80. The second-order valence-corrected chi connectivity index (χ2v) is 4.10. The van der Waals surface area contributed by atoms with Gasteiger partial charge in [-0.3, -0.25) is 4.79 Å². The van der Waals surface area contributed by atoms with E-state index in [-0.39, 0.29) is 0 Å². The summed E-state index contributed by atoms with van der Waals surface area (Å²) >= 11 is 0. The Morgan fingerprint density at radius 2 is 2.00 bits per heavy atom. The van der Waals surface area contributed by atoms with Gasteiger partial charge in [-0.1, -0.05) is 30.3 Å². The zero-order chi connectivity index (χ0) is 11.5. The molecule has 82 valence electrons. The maximum atomic E-state index is 10.9. The summed E-state index contributed by atoms with van der Waals surface area (Å²) in [4.78, 5) is 13.0. The van der Waals surface area contributed by atoms with Crippen LogP contribution in [0.2, 0.25) is 0 Å². The zero-order valence-corrected chi connectivity index (χ0v) is 9.60. The molecule has 0 aromatic heterocycles. The van der Waals surface area contributed by atoms with Crippen molar-refractivity contribution < 1.29 is 4.79 Å². The molecule has 0 saturated carbocycles. The number of aldehydes is 1. The monoisotopic (exact) mass is 213 g/mol. The first-order valence-electron chi connectivity index (χ1n) is 5.35. The molecule has 1 aromatic carbocycles. The largest absolute Gasteiger partial charge is 0.378 e. The summed E-state index contributed by atoms with van der Waals surface area (Å²) in [6.07, 6.45) is 6.14. The Bertz CT molecular complexity index is 469. The fraction of sp³-hybridized carbons (Fsp3) is 0.214. The number of hydrogen-bond acceptors (Lipinski definition) is 2. The van der Waals surface area contributed by atoms with E-state index >= 15 is 0 Å². The van der Waals surface area contributed by atoms with E-state index in [9.17, 15) is 4.79 Å². The van der Waals surface area contributed by atoms with Gasteiger partial charge >= 0.3 is 0 Å². The highest BCUT2D eigenvalue weighted by Gasteiger charge is 2.12. The summed E-state index contributed by atoms with van der Waals surface area (Å²) < 4.78 is 0. The van der Waals surface area contributed by atoms with Crippen LogP contribution < -0.4 is 0 Å². The van der Waals surface area contributed by atoms with E-state index in [4.69, 9.17) is 0 Å². The Morgan fingerprint density at radius 1 is 1.25 bits per heavy atom. The molecule has 0 atom stereocenters. The second kappa shape index (κ2) is 4.35. The molecule has 0 fully saturated rings. The lowest BCUT2D eigenvalue weighted by Crippen LogP contribution is -2.07. The molecule has 1 aromatic rings. The Balaban J connectivity index is 2.34. The molecule has 0 unspecified atom stereocenters. The lowest BCUT2D eigenvalue weighted by molar-refractivity contribution is 0.112. The molecule has 0 bridgehead atoms. The van der Waals surface area contributed by atoms with E-state index in [0.29, 0.717) is 0 Å². The van der Waals surface area contributed by atoms with Crippen molar-refractivity contribution in [2.45, 2.75) is 6.42 Å². The van der Waals surface area contributed by atoms with Crippen molar-refractivity contribution >= 4 is 11.9 Å². The zero-order valence-electron chi connectivity index (χ0n) is 9.60. The number of nitrogens with zero attached hydrogens (tertiary/aromatic N) is 1. The molecule has 1 aliphatic rings. The third kappa shape index (κ3) is 1.91. The highest BCUT2D eigenvalue weighted by atomic mass is 16.1. The summed E-state index contributed by atoms with van der Waals surface area (Å²) in [6, 6.07) is 7.72. The molecule has 2 nitrogen and oxygen atoms in total. The van der Waals surface area contributed by atoms with Crippen LogP contribution in [-0.4, -0.2) is 25.3 Å². The van der Waals surface area contributed by atoms with Crippen LogP contribution in [0.15, 0.2) is 42.1 Å². The van der Waals surface area contributed by atoms with E-state index < -0.39 is 0 Å². The molecule has 16 heavy (non-hydrogen) atoms. The molecule has 0 amide bonds. The van der Waals surface area contributed by atoms with Gasteiger partial charge in [-0.15, -0.1) is 0 Å². The third-order valence-corrected chi connectivity index (χ3v) is 2.80. The Hall–Kier alpha value is -1.83. The standard InChI is InChI=1S/C14H15NO/c1-15(2)13-8-7-11(9-13)14-6-4-3-5-12(14)10-16/h3-6,8-10H,7H2,1-2H3. The number of carbonyl (C=O) groups is 1. The second-order valence-electron chi connectivity index (χ2n) is 4.10. The van der Waals surface area contributed by atoms with E-state index in [1.54, 1.807) is 0 Å². The van der Waals surface area contributed by atoms with Crippen LogP contribution in [0.25, 0.3) is 5.57 Å². The molecule has 0 heterocycles. The summed E-state index contributed by atoms with van der Waals surface area (Å²) in [5.74, 6) is 0. The minimum absolute atomic E-state index is 0.766. The van der Waals surface area contributed by atoms with Crippen LogP contribution in [0.5, 0.6) is 0 Å². The highest BCUT2D eigenvalue weighted by Crippen LogP contribution is 2.29. The Morgan fingerprint density at radius 3 is 2.62 bits per heavy atom. The van der Waals surface area contributed by atoms with Crippen molar-refractivity contribution in [1.29, 1.82) is 0 Å². The number of likely N-dealkylation sites (N-methyl/N-ethyl adjacent to an activating group) is 1. The van der Waals surface area contributed by atoms with Gasteiger partial charge in [0.1, 0.15) is 0 Å². The number of hydrogen-bond donors (Lipinski definition) is 0. The van der Waals surface area contributed by atoms with Crippen molar-refractivity contribution in [2.75, 3.05) is 14.1 Å². The lowest BCUT2D eigenvalue weighted by atomic mass is 10.00. The van der Waals surface area contributed by atoms with Gasteiger partial charge in [0.15, 0.2) is 6.29 Å². The molecule has 0 aliphatic heterocycles. The number of carbonyl (C=O) groups excluding carboxylic acids is 1. The highest BCUT2D eigenvalue weighted by molar-refractivity contribution is 5.87. The number of allylic oxidation sites excluding steroid dienone is 3. The van der Waals surface area contributed by atoms with E-state index in [0.717, 1.165) is 23.8 Å². The topological polar surface area (TPSA) is 20.3 Å². The van der Waals surface area contributed by atoms with Crippen LogP contribution in [0.1, 0.15) is 22.3 Å². The first-order valence-corrected chi connectivity index (χ1v) is 5.35. The first kappa shape index (κ1) is 10.7. The first-order chi connectivity index (χ1) is 7.72. The predicted octanol–water partition coefficient (Wildman–Crippen LogP) is 2.73. The van der Waals surface area contributed by atoms with Crippen molar-refractivity contribution in [3.63, 3.8) is 0 Å². The maximum Gasteiger partial charge on any atom is 0.150 e. The smallest absolute Gasteiger partial charge is 0.150 e. The molecule has 0 N–H and O–H groups in total. The van der Waals surface area contributed by atoms with Crippen molar-refractivity contribution in [3.8, 4) is 0 Å². The molecular formula is C14H15NO. The van der Waals surface area contributed by atoms with E-state index in [1.807, 2.05) is 38.4 Å². The lowest BCUT2D eigenvalue weighted by Gasteiger charge is -2.10. The van der Waals surface area contributed by atoms with E-state index in [1.165, 1.54) is 11.3 Å². The van der Waals surface area contributed by atoms with Crippen LogP contribution in [0, 0.1) is 0 Å². The molecule has 0 spiro atoms. The fourth-order valence-electron chi connectivity index (χ4n) is 1.90. The normalized spacial score (nSPS) is 14.4. The summed E-state index contributed by atoms with van der Waals surface area (Å²) in [5, 5.41) is 0. The van der Waals surface area contributed by atoms with Gasteiger partial charge in [0.05, 0.1) is 0 Å². The van der Waals surface area contributed by atoms with Crippen LogP contribution in [-0.2, 0) is 0 Å².